The Bertz CT molecular complexity index is 739. The molecule has 0 aromatic rings. The number of cyclic esters (lactones) is 1. The monoisotopic (exact) mass is 478 g/mol. The van der Waals surface area contributed by atoms with E-state index in [2.05, 4.69) is 13.8 Å². The lowest BCUT2D eigenvalue weighted by Crippen LogP contribution is -2.60. The second-order valence-electron chi connectivity index (χ2n) is 12.3. The van der Waals surface area contributed by atoms with E-state index in [4.69, 9.17) is 14.2 Å². The van der Waals surface area contributed by atoms with Crippen molar-refractivity contribution in [1.82, 2.24) is 0 Å². The zero-order valence-corrected chi connectivity index (χ0v) is 22.4. The van der Waals surface area contributed by atoms with Crippen LogP contribution in [0.3, 0.4) is 0 Å². The summed E-state index contributed by atoms with van der Waals surface area (Å²) in [6.45, 7) is 14.2. The third-order valence-electron chi connectivity index (χ3n) is 9.36. The number of esters is 3. The normalized spacial score (nSPS) is 34.2. The maximum Gasteiger partial charge on any atom is 0.347 e. The van der Waals surface area contributed by atoms with Gasteiger partial charge in [0.25, 0.3) is 0 Å². The van der Waals surface area contributed by atoms with Crippen molar-refractivity contribution in [2.24, 2.45) is 34.5 Å². The van der Waals surface area contributed by atoms with Gasteiger partial charge in [-0.2, -0.15) is 0 Å². The molecule has 5 aliphatic rings. The summed E-state index contributed by atoms with van der Waals surface area (Å²) < 4.78 is 16.0. The lowest BCUT2D eigenvalue weighted by molar-refractivity contribution is -0.218. The molecule has 4 aliphatic carbocycles. The first kappa shape index (κ1) is 27.0. The summed E-state index contributed by atoms with van der Waals surface area (Å²) in [5.74, 6) is 2.41. The molecule has 0 radical (unpaired) electrons. The number of hydrogen-bond donors (Lipinski definition) is 0. The second-order valence-corrected chi connectivity index (χ2v) is 12.3. The van der Waals surface area contributed by atoms with Crippen molar-refractivity contribution < 1.29 is 28.6 Å². The third-order valence-corrected chi connectivity index (χ3v) is 9.36. The molecule has 0 spiro atoms. The van der Waals surface area contributed by atoms with Gasteiger partial charge in [0, 0.05) is 6.42 Å². The van der Waals surface area contributed by atoms with Crippen LogP contribution in [0.2, 0.25) is 0 Å². The molecule has 194 valence electrons. The number of carbonyl (C=O) groups excluding carboxylic acids is 3. The quantitative estimate of drug-likeness (QED) is 0.337. The maximum absolute atomic E-state index is 12.6. The van der Waals surface area contributed by atoms with Gasteiger partial charge in [-0.3, -0.25) is 9.59 Å². The van der Waals surface area contributed by atoms with Crippen LogP contribution in [-0.4, -0.2) is 36.2 Å². The minimum atomic E-state index is -0.687. The molecule has 6 heteroatoms. The van der Waals surface area contributed by atoms with Crippen LogP contribution in [0, 0.1) is 34.5 Å². The van der Waals surface area contributed by atoms with Crippen LogP contribution in [0.4, 0.5) is 0 Å². The van der Waals surface area contributed by atoms with E-state index < -0.39 is 17.5 Å². The summed E-state index contributed by atoms with van der Waals surface area (Å²) in [6.07, 6.45) is 9.01. The molecule has 1 aliphatic heterocycles. The highest BCUT2D eigenvalue weighted by Crippen LogP contribution is 2.61. The summed E-state index contributed by atoms with van der Waals surface area (Å²) in [5.41, 5.74) is -0.989. The Morgan fingerprint density at radius 1 is 0.882 bits per heavy atom. The van der Waals surface area contributed by atoms with Crippen molar-refractivity contribution >= 4 is 17.9 Å². The largest absolute Gasteiger partial charge is 0.463 e. The summed E-state index contributed by atoms with van der Waals surface area (Å²) in [7, 11) is 0. The number of ether oxygens (including phenoxy) is 3. The fourth-order valence-electron chi connectivity index (χ4n) is 6.27. The van der Waals surface area contributed by atoms with Crippen LogP contribution in [-0.2, 0) is 28.6 Å². The van der Waals surface area contributed by atoms with Crippen LogP contribution in [0.1, 0.15) is 106 Å². The first-order chi connectivity index (χ1) is 15.9. The van der Waals surface area contributed by atoms with Gasteiger partial charge in [0.15, 0.2) is 0 Å². The Hall–Kier alpha value is -1.59. The van der Waals surface area contributed by atoms with Gasteiger partial charge in [-0.15, -0.1) is 0 Å². The first-order valence-electron chi connectivity index (χ1n) is 13.5. The van der Waals surface area contributed by atoms with Crippen LogP contribution in [0.15, 0.2) is 0 Å². The molecule has 0 amide bonds. The molecule has 0 N–H and O–H groups in total. The summed E-state index contributed by atoms with van der Waals surface area (Å²) in [5, 5.41) is 0. The molecule has 34 heavy (non-hydrogen) atoms. The first-order valence-corrected chi connectivity index (χ1v) is 13.5. The van der Waals surface area contributed by atoms with Gasteiger partial charge >= 0.3 is 17.9 Å². The van der Waals surface area contributed by atoms with Gasteiger partial charge in [-0.1, -0.05) is 20.8 Å². The lowest BCUT2D eigenvalue weighted by atomic mass is 9.49. The highest BCUT2D eigenvalue weighted by atomic mass is 16.6. The molecule has 1 saturated heterocycles. The van der Waals surface area contributed by atoms with Crippen molar-refractivity contribution in [3.63, 3.8) is 0 Å². The molecule has 4 bridgehead atoms. The predicted octanol–water partition coefficient (Wildman–Crippen LogP) is 5.85. The Morgan fingerprint density at radius 2 is 1.38 bits per heavy atom. The lowest BCUT2D eigenvalue weighted by Gasteiger charge is -2.60. The van der Waals surface area contributed by atoms with E-state index in [-0.39, 0.29) is 23.0 Å². The third kappa shape index (κ3) is 5.31. The Balaban J connectivity index is 0.000000204. The molecular formula is C28H46O6. The minimum absolute atomic E-state index is 0.0364. The Morgan fingerprint density at radius 3 is 1.79 bits per heavy atom. The smallest absolute Gasteiger partial charge is 0.347 e. The van der Waals surface area contributed by atoms with Gasteiger partial charge in [0.1, 0.15) is 5.60 Å². The molecule has 1 atom stereocenters. The standard InChI is InChI=1S/C18H30O2.C10H16O4/c1-5-17(3,4)16(19)20-18(6-2)14-8-12-7-13(10-14)11-15(18)9-12;1-4-10(2,3)9(12)14-7-5-6-13-8(7)11/h12-15H,5-11H2,1-4H3;7H,4-6H2,1-3H3. The molecule has 5 rings (SSSR count). The van der Waals surface area contributed by atoms with E-state index in [1.54, 1.807) is 13.8 Å². The minimum Gasteiger partial charge on any atom is -0.463 e. The van der Waals surface area contributed by atoms with Gasteiger partial charge in [-0.25, -0.2) is 4.79 Å². The van der Waals surface area contributed by atoms with Gasteiger partial charge in [-0.05, 0) is 103 Å². The zero-order chi connectivity index (χ0) is 25.3. The van der Waals surface area contributed by atoms with E-state index in [0.717, 1.165) is 24.7 Å². The fourth-order valence-corrected chi connectivity index (χ4v) is 6.27. The molecule has 1 unspecified atom stereocenters. The van der Waals surface area contributed by atoms with Gasteiger partial charge in [0.2, 0.25) is 6.10 Å². The zero-order valence-electron chi connectivity index (χ0n) is 22.4. The highest BCUT2D eigenvalue weighted by molar-refractivity contribution is 5.82. The average Bonchev–Trinajstić information content (AvgIpc) is 3.20. The molecule has 1 heterocycles. The maximum atomic E-state index is 12.6. The fraction of sp³-hybridized carbons (Fsp3) is 0.893. The highest BCUT2D eigenvalue weighted by Gasteiger charge is 2.59. The van der Waals surface area contributed by atoms with E-state index in [0.29, 0.717) is 31.3 Å². The summed E-state index contributed by atoms with van der Waals surface area (Å²) in [6, 6.07) is 0. The number of rotatable bonds is 7. The van der Waals surface area contributed by atoms with Crippen LogP contribution in [0.25, 0.3) is 0 Å². The van der Waals surface area contributed by atoms with E-state index in [9.17, 15) is 14.4 Å². The summed E-state index contributed by atoms with van der Waals surface area (Å²) in [4.78, 5) is 35.2. The predicted molar refractivity (Wildman–Crippen MR) is 130 cm³/mol. The Kier molecular flexibility index (Phi) is 8.09. The molecule has 0 aromatic carbocycles. The van der Waals surface area contributed by atoms with Crippen molar-refractivity contribution in [2.45, 2.75) is 118 Å². The van der Waals surface area contributed by atoms with Crippen LogP contribution in [0.5, 0.6) is 0 Å². The van der Waals surface area contributed by atoms with E-state index in [1.165, 1.54) is 32.1 Å². The molecular weight excluding hydrogens is 432 g/mol. The number of carbonyl (C=O) groups is 3. The molecule has 0 aromatic heterocycles. The van der Waals surface area contributed by atoms with Gasteiger partial charge < -0.3 is 14.2 Å². The van der Waals surface area contributed by atoms with Crippen molar-refractivity contribution in [3.8, 4) is 0 Å². The Labute approximate surface area is 205 Å². The molecule has 4 saturated carbocycles. The van der Waals surface area contributed by atoms with E-state index >= 15 is 0 Å². The summed E-state index contributed by atoms with van der Waals surface area (Å²) >= 11 is 0. The van der Waals surface area contributed by atoms with Crippen LogP contribution < -0.4 is 0 Å². The topological polar surface area (TPSA) is 78.9 Å². The average molecular weight is 479 g/mol. The molecule has 6 nitrogen and oxygen atoms in total. The van der Waals surface area contributed by atoms with Crippen molar-refractivity contribution in [3.05, 3.63) is 0 Å². The van der Waals surface area contributed by atoms with Crippen molar-refractivity contribution in [2.75, 3.05) is 6.61 Å². The number of hydrogen-bond acceptors (Lipinski definition) is 6. The van der Waals surface area contributed by atoms with E-state index in [1.807, 2.05) is 20.8 Å². The van der Waals surface area contributed by atoms with Crippen molar-refractivity contribution in [1.29, 1.82) is 0 Å². The van der Waals surface area contributed by atoms with Gasteiger partial charge in [0.05, 0.1) is 17.4 Å². The SMILES string of the molecule is CCC(C)(C)C(=O)OC1(CC)C2CC3CC(C2)CC1C3.CCC(C)(C)C(=O)OC1CCOC1=O. The molecule has 5 fully saturated rings. The van der Waals surface area contributed by atoms with Crippen LogP contribution >= 0.6 is 0 Å². The second kappa shape index (κ2) is 10.2.